The lowest BCUT2D eigenvalue weighted by atomic mass is 9.91. The number of phenolic OH excluding ortho intramolecular Hbond substituents is 1. The number of ether oxygens (including phenoxy) is 2. The molecular weight excluding hydrogens is 308 g/mol. The Balaban J connectivity index is 2.00. The monoisotopic (exact) mass is 334 g/mol. The van der Waals surface area contributed by atoms with Crippen LogP contribution in [0.4, 0.5) is 0 Å². The van der Waals surface area contributed by atoms with Gasteiger partial charge in [0.2, 0.25) is 0 Å². The van der Waals surface area contributed by atoms with Crippen molar-refractivity contribution in [2.24, 2.45) is 5.92 Å². The molecule has 2 rings (SSSR count). The number of aromatic hydroxyl groups is 1. The van der Waals surface area contributed by atoms with E-state index in [1.54, 1.807) is 12.1 Å². The number of unbranched alkanes of at least 4 members (excludes halogenated alkanes) is 1. The van der Waals surface area contributed by atoms with Crippen molar-refractivity contribution in [3.05, 3.63) is 42.0 Å². The fourth-order valence-corrected chi connectivity index (χ4v) is 2.83. The summed E-state index contributed by atoms with van der Waals surface area (Å²) in [5.74, 6) is -1.12. The Morgan fingerprint density at radius 3 is 2.79 bits per heavy atom. The first kappa shape index (κ1) is 18.5. The predicted molar refractivity (Wildman–Crippen MR) is 90.7 cm³/mol. The Kier molecular flexibility index (Phi) is 6.40. The van der Waals surface area contributed by atoms with Crippen molar-refractivity contribution in [1.82, 2.24) is 0 Å². The highest BCUT2D eigenvalue weighted by atomic mass is 16.7. The third-order valence-corrected chi connectivity index (χ3v) is 4.09. The average molecular weight is 334 g/mol. The third kappa shape index (κ3) is 5.35. The van der Waals surface area contributed by atoms with Gasteiger partial charge in [-0.3, -0.25) is 4.79 Å². The van der Waals surface area contributed by atoms with Crippen LogP contribution in [0.25, 0.3) is 0 Å². The molecule has 1 fully saturated rings. The number of phenols is 1. The Bertz CT molecular complexity index is 579. The number of carboxylic acid groups (broad SMARTS) is 1. The molecule has 5 nitrogen and oxygen atoms in total. The van der Waals surface area contributed by atoms with Gasteiger partial charge in [0.25, 0.3) is 0 Å². The van der Waals surface area contributed by atoms with Gasteiger partial charge >= 0.3 is 5.97 Å². The number of aliphatic carboxylic acids is 1. The van der Waals surface area contributed by atoms with Gasteiger partial charge in [-0.05, 0) is 39.2 Å². The van der Waals surface area contributed by atoms with E-state index in [1.165, 1.54) is 0 Å². The van der Waals surface area contributed by atoms with Crippen LogP contribution >= 0.6 is 0 Å². The maximum absolute atomic E-state index is 10.5. The largest absolute Gasteiger partial charge is 0.508 e. The number of benzene rings is 1. The van der Waals surface area contributed by atoms with Crippen LogP contribution in [-0.2, 0) is 14.3 Å². The molecule has 0 radical (unpaired) electrons. The molecule has 0 aromatic heterocycles. The van der Waals surface area contributed by atoms with E-state index in [0.29, 0.717) is 13.0 Å². The zero-order valence-corrected chi connectivity index (χ0v) is 14.3. The minimum atomic E-state index is -0.765. The maximum Gasteiger partial charge on any atom is 0.303 e. The van der Waals surface area contributed by atoms with Crippen LogP contribution in [-0.4, -0.2) is 28.6 Å². The number of carboxylic acids is 1. The highest BCUT2D eigenvalue weighted by Crippen LogP contribution is 2.41. The second-order valence-electron chi connectivity index (χ2n) is 6.56. The number of hydrogen-bond acceptors (Lipinski definition) is 4. The maximum atomic E-state index is 10.5. The van der Waals surface area contributed by atoms with Gasteiger partial charge in [-0.1, -0.05) is 30.4 Å². The van der Waals surface area contributed by atoms with E-state index in [2.05, 4.69) is 0 Å². The van der Waals surface area contributed by atoms with E-state index in [1.807, 2.05) is 38.1 Å². The number of rotatable bonds is 7. The Morgan fingerprint density at radius 2 is 2.08 bits per heavy atom. The van der Waals surface area contributed by atoms with E-state index in [0.717, 1.165) is 18.4 Å². The molecule has 1 aromatic rings. The first-order chi connectivity index (χ1) is 11.4. The summed E-state index contributed by atoms with van der Waals surface area (Å²) in [6.45, 7) is 4.29. The van der Waals surface area contributed by atoms with E-state index in [4.69, 9.17) is 14.6 Å². The van der Waals surface area contributed by atoms with Crippen LogP contribution in [0.15, 0.2) is 36.4 Å². The third-order valence-electron chi connectivity index (χ3n) is 4.09. The molecule has 0 saturated carbocycles. The highest BCUT2D eigenvalue weighted by Gasteiger charge is 2.37. The van der Waals surface area contributed by atoms with Gasteiger partial charge in [-0.15, -0.1) is 0 Å². The van der Waals surface area contributed by atoms with Crippen molar-refractivity contribution in [3.8, 4) is 5.75 Å². The Hall–Kier alpha value is -1.85. The summed E-state index contributed by atoms with van der Waals surface area (Å²) < 4.78 is 11.8. The lowest BCUT2D eigenvalue weighted by molar-refractivity contribution is -0.295. The van der Waals surface area contributed by atoms with Crippen molar-refractivity contribution in [2.75, 3.05) is 6.61 Å². The number of carbonyl (C=O) groups is 1. The molecule has 1 aliphatic heterocycles. The zero-order valence-electron chi connectivity index (χ0n) is 14.3. The average Bonchev–Trinajstić information content (AvgIpc) is 2.51. The van der Waals surface area contributed by atoms with Crippen molar-refractivity contribution < 1.29 is 24.5 Å². The topological polar surface area (TPSA) is 76.0 Å². The standard InChI is InChI=1S/C19H26O5/c1-19(2)23-13-14(9-5-3-4-6-12-17(21)22)18(24-19)15-10-7-8-11-16(15)20/h3,5,7-8,10-11,14,18,20H,4,6,9,12-13H2,1-2H3,(H,21,22)/b5-3-/t14-,18+/m1/s1. The normalized spacial score (nSPS) is 23.4. The first-order valence-electron chi connectivity index (χ1n) is 8.35. The summed E-state index contributed by atoms with van der Waals surface area (Å²) in [5.41, 5.74) is 0.776. The fourth-order valence-electron chi connectivity index (χ4n) is 2.83. The summed E-state index contributed by atoms with van der Waals surface area (Å²) >= 11 is 0. The van der Waals surface area contributed by atoms with E-state index < -0.39 is 11.8 Å². The van der Waals surface area contributed by atoms with Crippen LogP contribution in [0.2, 0.25) is 0 Å². The second-order valence-corrected chi connectivity index (χ2v) is 6.56. The molecule has 24 heavy (non-hydrogen) atoms. The van der Waals surface area contributed by atoms with Crippen LogP contribution in [0, 0.1) is 5.92 Å². The van der Waals surface area contributed by atoms with Crippen molar-refractivity contribution >= 4 is 5.97 Å². The number of hydrogen-bond donors (Lipinski definition) is 2. The Morgan fingerprint density at radius 1 is 1.33 bits per heavy atom. The van der Waals surface area contributed by atoms with Gasteiger partial charge in [-0.2, -0.15) is 0 Å². The lowest BCUT2D eigenvalue weighted by Gasteiger charge is -2.41. The molecule has 0 unspecified atom stereocenters. The van der Waals surface area contributed by atoms with Gasteiger partial charge in [0.1, 0.15) is 5.75 Å². The fraction of sp³-hybridized carbons (Fsp3) is 0.526. The molecule has 0 bridgehead atoms. The summed E-state index contributed by atoms with van der Waals surface area (Å²) in [7, 11) is 0. The Labute approximate surface area is 142 Å². The van der Waals surface area contributed by atoms with E-state index in [9.17, 15) is 9.90 Å². The molecule has 2 atom stereocenters. The summed E-state index contributed by atoms with van der Waals surface area (Å²) in [4.78, 5) is 10.5. The molecule has 0 amide bonds. The number of allylic oxidation sites excluding steroid dienone is 2. The van der Waals surface area contributed by atoms with Gasteiger partial charge in [0.15, 0.2) is 5.79 Å². The molecular formula is C19H26O5. The van der Waals surface area contributed by atoms with Crippen molar-refractivity contribution in [2.45, 2.75) is 51.4 Å². The quantitative estimate of drug-likeness (QED) is 0.581. The lowest BCUT2D eigenvalue weighted by Crippen LogP contribution is -2.41. The summed E-state index contributed by atoms with van der Waals surface area (Å²) in [5, 5.41) is 18.8. The SMILES string of the molecule is CC1(C)OC[C@@H](C/C=C\CCCC(=O)O)[C@@H](c2ccccc2O)O1. The number of para-hydroxylation sites is 1. The van der Waals surface area contributed by atoms with Crippen LogP contribution in [0.1, 0.15) is 51.2 Å². The van der Waals surface area contributed by atoms with Gasteiger partial charge in [-0.25, -0.2) is 0 Å². The zero-order chi connectivity index (χ0) is 17.6. The van der Waals surface area contributed by atoms with Gasteiger partial charge in [0.05, 0.1) is 12.7 Å². The van der Waals surface area contributed by atoms with Crippen molar-refractivity contribution in [3.63, 3.8) is 0 Å². The first-order valence-corrected chi connectivity index (χ1v) is 8.35. The van der Waals surface area contributed by atoms with Crippen LogP contribution in [0.3, 0.4) is 0 Å². The minimum absolute atomic E-state index is 0.0991. The summed E-state index contributed by atoms with van der Waals surface area (Å²) in [6, 6.07) is 7.23. The van der Waals surface area contributed by atoms with E-state index >= 15 is 0 Å². The van der Waals surface area contributed by atoms with Crippen LogP contribution < -0.4 is 0 Å². The van der Waals surface area contributed by atoms with Gasteiger partial charge in [0, 0.05) is 17.9 Å². The molecule has 1 aromatic carbocycles. The summed E-state index contributed by atoms with van der Waals surface area (Å²) in [6.07, 6.45) is 6.14. The van der Waals surface area contributed by atoms with E-state index in [-0.39, 0.29) is 24.2 Å². The van der Waals surface area contributed by atoms with Crippen molar-refractivity contribution in [1.29, 1.82) is 0 Å². The molecule has 1 heterocycles. The molecule has 5 heteroatoms. The van der Waals surface area contributed by atoms with Crippen LogP contribution in [0.5, 0.6) is 5.75 Å². The molecule has 132 valence electrons. The highest BCUT2D eigenvalue weighted by molar-refractivity contribution is 5.66. The molecule has 2 N–H and O–H groups in total. The smallest absolute Gasteiger partial charge is 0.303 e. The molecule has 0 aliphatic carbocycles. The van der Waals surface area contributed by atoms with Gasteiger partial charge < -0.3 is 19.7 Å². The molecule has 1 aliphatic rings. The minimum Gasteiger partial charge on any atom is -0.508 e. The predicted octanol–water partition coefficient (Wildman–Crippen LogP) is 4.03. The molecule has 1 saturated heterocycles. The molecule has 0 spiro atoms. The second kappa shape index (κ2) is 8.31.